The van der Waals surface area contributed by atoms with E-state index in [1.807, 2.05) is 6.92 Å². The Morgan fingerprint density at radius 1 is 1.18 bits per heavy atom. The number of aryl methyl sites for hydroxylation is 1. The Hall–Kier alpha value is -1.92. The van der Waals surface area contributed by atoms with Gasteiger partial charge in [-0.1, -0.05) is 12.1 Å². The molecule has 0 bridgehead atoms. The van der Waals surface area contributed by atoms with Gasteiger partial charge in [0.2, 0.25) is 0 Å². The lowest BCUT2D eigenvalue weighted by molar-refractivity contribution is 0.246. The number of rotatable bonds is 3. The molecule has 1 aliphatic rings. The summed E-state index contributed by atoms with van der Waals surface area (Å²) in [7, 11) is 0. The maximum Gasteiger partial charge on any atom is 0.181 e. The van der Waals surface area contributed by atoms with Crippen molar-refractivity contribution in [2.75, 3.05) is 31.1 Å². The van der Waals surface area contributed by atoms with Crippen molar-refractivity contribution >= 4 is 27.4 Å². The number of fused-ring (bicyclic) bond motifs is 1. The van der Waals surface area contributed by atoms with E-state index in [0.29, 0.717) is 0 Å². The van der Waals surface area contributed by atoms with E-state index in [1.54, 1.807) is 11.5 Å². The van der Waals surface area contributed by atoms with Crippen molar-refractivity contribution in [3.8, 4) is 0 Å². The lowest BCUT2D eigenvalue weighted by Gasteiger charge is -2.34. The van der Waals surface area contributed by atoms with E-state index in [4.69, 9.17) is 4.42 Å². The molecule has 0 atom stereocenters. The van der Waals surface area contributed by atoms with Crippen LogP contribution >= 0.6 is 11.5 Å². The molecule has 0 spiro atoms. The molecule has 2 aromatic heterocycles. The molecular weight excluding hydrogens is 296 g/mol. The van der Waals surface area contributed by atoms with Crippen LogP contribution in [0.5, 0.6) is 0 Å². The summed E-state index contributed by atoms with van der Waals surface area (Å²) in [6, 6.07) is 8.46. The van der Waals surface area contributed by atoms with Crippen LogP contribution in [0.4, 0.5) is 5.82 Å². The van der Waals surface area contributed by atoms with Crippen LogP contribution in [0.3, 0.4) is 0 Å². The van der Waals surface area contributed by atoms with Crippen molar-refractivity contribution in [3.05, 3.63) is 42.1 Å². The van der Waals surface area contributed by atoms with Crippen LogP contribution in [-0.2, 0) is 6.54 Å². The number of aromatic nitrogens is 2. The molecular formula is C16H18N4OS. The summed E-state index contributed by atoms with van der Waals surface area (Å²) in [4.78, 5) is 9.11. The zero-order valence-electron chi connectivity index (χ0n) is 12.5. The fraction of sp³-hybridized carbons (Fsp3) is 0.375. The van der Waals surface area contributed by atoms with Gasteiger partial charge in [-0.25, -0.2) is 4.98 Å². The predicted molar refractivity (Wildman–Crippen MR) is 88.4 cm³/mol. The van der Waals surface area contributed by atoms with Crippen molar-refractivity contribution in [1.82, 2.24) is 14.3 Å². The molecule has 3 heterocycles. The van der Waals surface area contributed by atoms with Crippen molar-refractivity contribution in [3.63, 3.8) is 0 Å². The monoisotopic (exact) mass is 314 g/mol. The number of anilines is 1. The van der Waals surface area contributed by atoms with E-state index in [-0.39, 0.29) is 0 Å². The third kappa shape index (κ3) is 2.48. The third-order valence-electron chi connectivity index (χ3n) is 4.25. The number of piperazine rings is 1. The van der Waals surface area contributed by atoms with E-state index in [9.17, 15) is 0 Å². The maximum absolute atomic E-state index is 5.28. The molecule has 3 aromatic rings. The quantitative estimate of drug-likeness (QED) is 0.744. The molecule has 0 radical (unpaired) electrons. The fourth-order valence-corrected chi connectivity index (χ4v) is 3.71. The molecule has 0 N–H and O–H groups in total. The van der Waals surface area contributed by atoms with Gasteiger partial charge in [-0.2, -0.15) is 4.37 Å². The van der Waals surface area contributed by atoms with E-state index < -0.39 is 0 Å². The highest BCUT2D eigenvalue weighted by molar-refractivity contribution is 7.13. The minimum atomic E-state index is 0.869. The Kier molecular flexibility index (Phi) is 3.56. The normalized spacial score (nSPS) is 16.5. The van der Waals surface area contributed by atoms with Crippen molar-refractivity contribution in [2.24, 2.45) is 0 Å². The van der Waals surface area contributed by atoms with Gasteiger partial charge in [0.1, 0.15) is 11.6 Å². The van der Waals surface area contributed by atoms with E-state index in [2.05, 4.69) is 43.4 Å². The Morgan fingerprint density at radius 2 is 2.00 bits per heavy atom. The van der Waals surface area contributed by atoms with Crippen LogP contribution < -0.4 is 4.90 Å². The van der Waals surface area contributed by atoms with Crippen molar-refractivity contribution in [2.45, 2.75) is 13.5 Å². The zero-order chi connectivity index (χ0) is 14.9. The zero-order valence-corrected chi connectivity index (χ0v) is 13.3. The van der Waals surface area contributed by atoms with Crippen molar-refractivity contribution in [1.29, 1.82) is 0 Å². The largest absolute Gasteiger partial charge is 0.448 e. The second-order valence-corrected chi connectivity index (χ2v) is 6.43. The van der Waals surface area contributed by atoms with Crippen LogP contribution in [-0.4, -0.2) is 40.4 Å². The molecule has 4 rings (SSSR count). The third-order valence-corrected chi connectivity index (χ3v) is 5.06. The standard InChI is InChI=1S/C16H18N4OS/c1-12-14(17-11-21-12)10-19-6-8-20(9-7-19)16-13-4-2-3-5-15(13)22-18-16/h2-5,11H,6-10H2,1H3. The topological polar surface area (TPSA) is 45.4 Å². The Bertz CT molecular complexity index is 773. The first kappa shape index (κ1) is 13.7. The summed E-state index contributed by atoms with van der Waals surface area (Å²) < 4.78 is 11.2. The molecule has 0 aliphatic carbocycles. The highest BCUT2D eigenvalue weighted by atomic mass is 32.1. The molecule has 1 aromatic carbocycles. The minimum Gasteiger partial charge on any atom is -0.448 e. The molecule has 6 heteroatoms. The van der Waals surface area contributed by atoms with Gasteiger partial charge in [0.15, 0.2) is 6.39 Å². The van der Waals surface area contributed by atoms with Crippen LogP contribution in [0.25, 0.3) is 10.1 Å². The predicted octanol–water partition coefficient (Wildman–Crippen LogP) is 2.91. The summed E-state index contributed by atoms with van der Waals surface area (Å²) in [6.45, 7) is 6.90. The summed E-state index contributed by atoms with van der Waals surface area (Å²) >= 11 is 1.59. The Balaban J connectivity index is 1.44. The van der Waals surface area contributed by atoms with Gasteiger partial charge in [0, 0.05) is 38.1 Å². The number of oxazole rings is 1. The lowest BCUT2D eigenvalue weighted by Crippen LogP contribution is -2.46. The highest BCUT2D eigenvalue weighted by Crippen LogP contribution is 2.29. The molecule has 5 nitrogen and oxygen atoms in total. The number of hydrogen-bond acceptors (Lipinski definition) is 6. The molecule has 1 saturated heterocycles. The van der Waals surface area contributed by atoms with Gasteiger partial charge in [-0.15, -0.1) is 0 Å². The van der Waals surface area contributed by atoms with Gasteiger partial charge in [0.25, 0.3) is 0 Å². The first-order valence-corrected chi connectivity index (χ1v) is 8.29. The Morgan fingerprint density at radius 3 is 2.77 bits per heavy atom. The molecule has 22 heavy (non-hydrogen) atoms. The average molecular weight is 314 g/mol. The van der Waals surface area contributed by atoms with Crippen LogP contribution in [0, 0.1) is 6.92 Å². The second-order valence-electron chi connectivity index (χ2n) is 5.62. The van der Waals surface area contributed by atoms with E-state index >= 15 is 0 Å². The first-order chi connectivity index (χ1) is 10.8. The highest BCUT2D eigenvalue weighted by Gasteiger charge is 2.21. The molecule has 1 fully saturated rings. The molecule has 0 unspecified atom stereocenters. The summed E-state index contributed by atoms with van der Waals surface area (Å²) in [6.07, 6.45) is 1.53. The second kappa shape index (κ2) is 5.70. The van der Waals surface area contributed by atoms with Gasteiger partial charge < -0.3 is 9.32 Å². The van der Waals surface area contributed by atoms with Crippen LogP contribution in [0.2, 0.25) is 0 Å². The molecule has 114 valence electrons. The van der Waals surface area contributed by atoms with Crippen molar-refractivity contribution < 1.29 is 4.42 Å². The van der Waals surface area contributed by atoms with Crippen LogP contribution in [0.15, 0.2) is 35.1 Å². The number of hydrogen-bond donors (Lipinski definition) is 0. The van der Waals surface area contributed by atoms with E-state index in [1.165, 1.54) is 16.5 Å². The van der Waals surface area contributed by atoms with Gasteiger partial charge in [-0.05, 0) is 30.6 Å². The van der Waals surface area contributed by atoms with Crippen LogP contribution in [0.1, 0.15) is 11.5 Å². The Labute approximate surface area is 133 Å². The summed E-state index contributed by atoms with van der Waals surface area (Å²) in [5, 5.41) is 1.27. The SMILES string of the molecule is Cc1ocnc1CN1CCN(c2nsc3ccccc23)CC1. The lowest BCUT2D eigenvalue weighted by atomic mass is 10.2. The minimum absolute atomic E-state index is 0.869. The maximum atomic E-state index is 5.28. The van der Waals surface area contributed by atoms with Gasteiger partial charge in [0.05, 0.1) is 10.4 Å². The molecule has 0 amide bonds. The molecule has 1 aliphatic heterocycles. The van der Waals surface area contributed by atoms with E-state index in [0.717, 1.165) is 50.0 Å². The van der Waals surface area contributed by atoms with Gasteiger partial charge >= 0.3 is 0 Å². The smallest absolute Gasteiger partial charge is 0.181 e. The van der Waals surface area contributed by atoms with Gasteiger partial charge in [-0.3, -0.25) is 4.90 Å². The number of nitrogens with zero attached hydrogens (tertiary/aromatic N) is 4. The number of benzene rings is 1. The summed E-state index contributed by atoms with van der Waals surface area (Å²) in [5.74, 6) is 2.06. The fourth-order valence-electron chi connectivity index (χ4n) is 2.91. The average Bonchev–Trinajstić information content (AvgIpc) is 3.15. The molecule has 0 saturated carbocycles. The first-order valence-electron chi connectivity index (χ1n) is 7.52. The summed E-state index contributed by atoms with van der Waals surface area (Å²) in [5.41, 5.74) is 1.05.